The molecule has 2 nitrogen and oxygen atoms in total. The Balaban J connectivity index is 2.22. The summed E-state index contributed by atoms with van der Waals surface area (Å²) in [5, 5.41) is 0. The molecule has 0 N–H and O–H groups in total. The van der Waals surface area contributed by atoms with Gasteiger partial charge < -0.3 is 0 Å². The number of hydrogen-bond donors (Lipinski definition) is 0. The van der Waals surface area contributed by atoms with Gasteiger partial charge in [-0.3, -0.25) is 0 Å². The van der Waals surface area contributed by atoms with Crippen LogP contribution in [0.25, 0.3) is 11.0 Å². The van der Waals surface area contributed by atoms with E-state index in [4.69, 9.17) is 0 Å². The lowest BCUT2D eigenvalue weighted by Crippen LogP contribution is -1.98. The van der Waals surface area contributed by atoms with Gasteiger partial charge in [0.15, 0.2) is 0 Å². The molecule has 1 heterocycles. The Morgan fingerprint density at radius 2 is 1.70 bits per heavy atom. The lowest BCUT2D eigenvalue weighted by Gasteiger charge is -2.08. The van der Waals surface area contributed by atoms with E-state index in [-0.39, 0.29) is 5.82 Å². The molecule has 0 atom stereocenters. The van der Waals surface area contributed by atoms with Gasteiger partial charge in [-0.2, -0.15) is 8.75 Å². The van der Waals surface area contributed by atoms with Crippen LogP contribution in [0, 0.1) is 5.82 Å². The highest BCUT2D eigenvalue weighted by molar-refractivity contribution is 7.00. The maximum Gasteiger partial charge on any atom is 0.129 e. The average molecular weight is 294 g/mol. The van der Waals surface area contributed by atoms with Crippen molar-refractivity contribution in [2.24, 2.45) is 0 Å². The highest BCUT2D eigenvalue weighted by Gasteiger charge is 2.15. The molecule has 0 amide bonds. The summed E-state index contributed by atoms with van der Waals surface area (Å²) in [6.45, 7) is 4.33. The van der Waals surface area contributed by atoms with E-state index in [1.54, 1.807) is 6.07 Å². The zero-order valence-electron chi connectivity index (χ0n) is 12.4. The zero-order valence-corrected chi connectivity index (χ0v) is 13.2. The van der Waals surface area contributed by atoms with E-state index in [0.717, 1.165) is 60.7 Å². The molecule has 1 aromatic carbocycles. The summed E-state index contributed by atoms with van der Waals surface area (Å²) in [5.41, 5.74) is 3.52. The second-order valence-electron chi connectivity index (χ2n) is 5.37. The van der Waals surface area contributed by atoms with E-state index >= 15 is 0 Å². The number of hydrogen-bond acceptors (Lipinski definition) is 3. The Hall–Kier alpha value is -1.03. The van der Waals surface area contributed by atoms with E-state index < -0.39 is 0 Å². The molecule has 0 bridgehead atoms. The van der Waals surface area contributed by atoms with Crippen LogP contribution in [0.5, 0.6) is 0 Å². The predicted octanol–water partition coefficient (Wildman–Crippen LogP) is 5.30. The Bertz CT molecular complexity index is 551. The van der Waals surface area contributed by atoms with Gasteiger partial charge in [-0.1, -0.05) is 39.5 Å². The quantitative estimate of drug-likeness (QED) is 0.618. The minimum absolute atomic E-state index is 0.0900. The number of unbranched alkanes of at least 4 members (excludes halogenated alkanes) is 4. The van der Waals surface area contributed by atoms with Crippen LogP contribution in [0.2, 0.25) is 0 Å². The molecule has 0 unspecified atom stereocenters. The van der Waals surface area contributed by atoms with Crippen LogP contribution in [0.1, 0.15) is 63.5 Å². The highest BCUT2D eigenvalue weighted by atomic mass is 32.1. The van der Waals surface area contributed by atoms with Gasteiger partial charge in [0.25, 0.3) is 0 Å². The van der Waals surface area contributed by atoms with Crippen molar-refractivity contribution < 1.29 is 4.39 Å². The van der Waals surface area contributed by atoms with Crippen molar-refractivity contribution in [3.63, 3.8) is 0 Å². The fraction of sp³-hybridized carbons (Fsp3) is 0.625. The van der Waals surface area contributed by atoms with E-state index in [2.05, 4.69) is 22.6 Å². The Morgan fingerprint density at radius 3 is 2.45 bits per heavy atom. The number of rotatable bonds is 8. The number of fused-ring (bicyclic) bond motifs is 1. The average Bonchev–Trinajstić information content (AvgIpc) is 2.92. The molecule has 2 rings (SSSR count). The molecular formula is C16H23FN2S. The lowest BCUT2D eigenvalue weighted by atomic mass is 9.99. The molecule has 20 heavy (non-hydrogen) atoms. The molecule has 0 spiro atoms. The number of nitrogens with zero attached hydrogens (tertiary/aromatic N) is 2. The van der Waals surface area contributed by atoms with E-state index in [1.165, 1.54) is 24.6 Å². The summed E-state index contributed by atoms with van der Waals surface area (Å²) in [6, 6.07) is 1.69. The molecule has 0 aliphatic heterocycles. The third kappa shape index (κ3) is 3.54. The first-order chi connectivity index (χ1) is 9.77. The van der Waals surface area contributed by atoms with Crippen LogP contribution in [0.4, 0.5) is 4.39 Å². The highest BCUT2D eigenvalue weighted by Crippen LogP contribution is 2.27. The van der Waals surface area contributed by atoms with Gasteiger partial charge in [0.2, 0.25) is 0 Å². The van der Waals surface area contributed by atoms with Crippen LogP contribution in [-0.2, 0) is 12.8 Å². The second-order valence-corrected chi connectivity index (χ2v) is 5.90. The van der Waals surface area contributed by atoms with Crippen molar-refractivity contribution in [2.75, 3.05) is 0 Å². The van der Waals surface area contributed by atoms with Gasteiger partial charge in [0.05, 0.1) is 11.7 Å². The molecule has 2 aromatic rings. The lowest BCUT2D eigenvalue weighted by molar-refractivity contribution is 0.594. The smallest absolute Gasteiger partial charge is 0.129 e. The Labute approximate surface area is 124 Å². The van der Waals surface area contributed by atoms with Gasteiger partial charge >= 0.3 is 0 Å². The summed E-state index contributed by atoms with van der Waals surface area (Å²) >= 11 is 1.20. The third-order valence-corrected chi connectivity index (χ3v) is 4.28. The molecule has 0 aliphatic carbocycles. The SMILES string of the molecule is CCCCCCc1c(F)cc(CCCC)c2nsnc12. The molecule has 0 aliphatic rings. The number of benzene rings is 1. The topological polar surface area (TPSA) is 25.8 Å². The van der Waals surface area contributed by atoms with Crippen LogP contribution in [0.15, 0.2) is 6.07 Å². The minimum Gasteiger partial charge on any atom is -0.207 e. The first-order valence-electron chi connectivity index (χ1n) is 7.70. The second kappa shape index (κ2) is 7.67. The molecular weight excluding hydrogens is 271 g/mol. The Morgan fingerprint density at radius 1 is 0.950 bits per heavy atom. The van der Waals surface area contributed by atoms with Crippen molar-refractivity contribution in [1.82, 2.24) is 8.75 Å². The summed E-state index contributed by atoms with van der Waals surface area (Å²) in [4.78, 5) is 0. The van der Waals surface area contributed by atoms with E-state index in [0.29, 0.717) is 0 Å². The number of aromatic nitrogens is 2. The van der Waals surface area contributed by atoms with Gasteiger partial charge in [0.1, 0.15) is 16.9 Å². The molecule has 1 aromatic heterocycles. The standard InChI is InChI=1S/C16H23FN2S/c1-3-5-7-8-10-13-14(17)11-12(9-6-4-2)15-16(13)19-20-18-15/h11H,3-10H2,1-2H3. The van der Waals surface area contributed by atoms with Gasteiger partial charge in [-0.25, -0.2) is 4.39 Å². The van der Waals surface area contributed by atoms with Crippen LogP contribution >= 0.6 is 11.7 Å². The maximum absolute atomic E-state index is 14.3. The maximum atomic E-state index is 14.3. The van der Waals surface area contributed by atoms with Crippen LogP contribution in [0.3, 0.4) is 0 Å². The summed E-state index contributed by atoms with van der Waals surface area (Å²) in [5.74, 6) is -0.0900. The molecule has 4 heteroatoms. The van der Waals surface area contributed by atoms with Gasteiger partial charge in [0, 0.05) is 5.56 Å². The molecule has 110 valence electrons. The summed E-state index contributed by atoms with van der Waals surface area (Å²) in [7, 11) is 0. The van der Waals surface area contributed by atoms with Crippen molar-refractivity contribution in [3.05, 3.63) is 23.0 Å². The predicted molar refractivity (Wildman–Crippen MR) is 83.8 cm³/mol. The van der Waals surface area contributed by atoms with Crippen molar-refractivity contribution >= 4 is 22.8 Å². The third-order valence-electron chi connectivity index (χ3n) is 3.75. The van der Waals surface area contributed by atoms with Crippen molar-refractivity contribution in [1.29, 1.82) is 0 Å². The van der Waals surface area contributed by atoms with Crippen LogP contribution in [-0.4, -0.2) is 8.75 Å². The largest absolute Gasteiger partial charge is 0.207 e. The van der Waals surface area contributed by atoms with E-state index in [1.807, 2.05) is 0 Å². The fourth-order valence-corrected chi connectivity index (χ4v) is 3.15. The zero-order chi connectivity index (χ0) is 14.4. The first-order valence-corrected chi connectivity index (χ1v) is 8.43. The summed E-state index contributed by atoms with van der Waals surface area (Å²) < 4.78 is 23.1. The van der Waals surface area contributed by atoms with Crippen LogP contribution < -0.4 is 0 Å². The monoisotopic (exact) mass is 294 g/mol. The number of aryl methyl sites for hydroxylation is 2. The number of halogens is 1. The normalized spacial score (nSPS) is 11.3. The van der Waals surface area contributed by atoms with Crippen molar-refractivity contribution in [3.8, 4) is 0 Å². The molecule has 0 radical (unpaired) electrons. The van der Waals surface area contributed by atoms with Gasteiger partial charge in [-0.15, -0.1) is 0 Å². The molecule has 0 saturated heterocycles. The minimum atomic E-state index is -0.0900. The molecule has 0 fully saturated rings. The molecule has 0 saturated carbocycles. The fourth-order valence-electron chi connectivity index (χ4n) is 2.54. The Kier molecular flexibility index (Phi) is 5.89. The van der Waals surface area contributed by atoms with Crippen molar-refractivity contribution in [2.45, 2.75) is 65.2 Å². The first kappa shape index (κ1) is 15.4. The van der Waals surface area contributed by atoms with Gasteiger partial charge in [-0.05, 0) is 37.3 Å². The summed E-state index contributed by atoms with van der Waals surface area (Å²) in [6.07, 6.45) is 8.47. The van der Waals surface area contributed by atoms with E-state index in [9.17, 15) is 4.39 Å².